The minimum atomic E-state index is -0.963. The van der Waals surface area contributed by atoms with Crippen LogP contribution in [0.15, 0.2) is 94.9 Å². The fraction of sp³-hybridized carbons (Fsp3) is 0.244. The van der Waals surface area contributed by atoms with E-state index in [1.54, 1.807) is 74.6 Å². The van der Waals surface area contributed by atoms with E-state index < -0.39 is 18.0 Å². The van der Waals surface area contributed by atoms with Crippen molar-refractivity contribution in [3.05, 3.63) is 131 Å². The fourth-order valence-electron chi connectivity index (χ4n) is 3.64. The first-order valence-electron chi connectivity index (χ1n) is 17.2. The van der Waals surface area contributed by atoms with Crippen LogP contribution >= 0.6 is 12.4 Å². The Hall–Kier alpha value is -6.76. The molecule has 0 saturated carbocycles. The summed E-state index contributed by atoms with van der Waals surface area (Å²) in [5.74, 6) is 10.1. The Morgan fingerprint density at radius 3 is 1.61 bits per heavy atom. The first kappa shape index (κ1) is 50.3. The highest BCUT2D eigenvalue weighted by Gasteiger charge is 2.17. The minimum Gasteiger partial charge on any atom is -0.480 e. The van der Waals surface area contributed by atoms with Gasteiger partial charge in [-0.3, -0.25) is 29.4 Å². The third-order valence-electron chi connectivity index (χ3n) is 7.57. The highest BCUT2D eigenvalue weighted by Crippen LogP contribution is 2.19. The number of oxime groups is 1. The van der Waals surface area contributed by atoms with E-state index in [1.165, 1.54) is 37.4 Å². The molecule has 5 rings (SSSR count). The topological polar surface area (TPSA) is 230 Å². The van der Waals surface area contributed by atoms with Crippen molar-refractivity contribution in [2.24, 2.45) is 16.6 Å². The number of aromatic nitrogens is 4. The summed E-state index contributed by atoms with van der Waals surface area (Å²) in [6.45, 7) is 5.04. The number of carbonyl (C=O) groups is 2. The molecule has 3 heterocycles. The average molecular weight is 834 g/mol. The van der Waals surface area contributed by atoms with Crippen LogP contribution in [0.25, 0.3) is 11.5 Å². The number of aliphatic carboxylic acids is 2. The Morgan fingerprint density at radius 2 is 1.25 bits per heavy atom. The van der Waals surface area contributed by atoms with Crippen molar-refractivity contribution in [1.82, 2.24) is 29.9 Å². The molecule has 18 heteroatoms. The van der Waals surface area contributed by atoms with E-state index in [9.17, 15) is 18.4 Å². The lowest BCUT2D eigenvalue weighted by molar-refractivity contribution is -0.141. The third kappa shape index (κ3) is 18.4. The second-order valence-corrected chi connectivity index (χ2v) is 12.6. The number of carboxylic acid groups (broad SMARTS) is 2. The molecule has 0 fully saturated rings. The van der Waals surface area contributed by atoms with Crippen molar-refractivity contribution in [1.29, 1.82) is 0 Å². The molecule has 5 aromatic rings. The molecule has 2 unspecified atom stereocenters. The van der Waals surface area contributed by atoms with Crippen molar-refractivity contribution in [2.75, 3.05) is 28.2 Å². The van der Waals surface area contributed by atoms with Crippen molar-refractivity contribution in [3.8, 4) is 35.2 Å². The van der Waals surface area contributed by atoms with Crippen LogP contribution < -0.4 is 11.5 Å². The standard InChI is InChI=1S/C19H17FN4O.C14H10FN3O.C5H11NO2.C3H7NO2.ClH/c1-13(24(2)3)19-22-18(23-25-19)17-10-9-15(12-21-17)8-7-14-5-4-6-16(20)11-14;15-12-3-1-2-10(8-12)4-5-11-6-7-13(17-9-11)14(16)18-19;1-4(5(7)8)6(2)3;1-2(4)3(5)6;/h4-6,9-13H,1-3H3;1-3,6-9,19H,(H2,16,18);4H,1-3H3,(H,7,8);2H,4H2,1H3,(H,5,6);1H/t13-;;;;/m1..../s1. The summed E-state index contributed by atoms with van der Waals surface area (Å²) in [4.78, 5) is 36.0. The van der Waals surface area contributed by atoms with Gasteiger partial charge < -0.3 is 31.4 Å². The number of nitrogens with two attached hydrogens (primary N) is 2. The van der Waals surface area contributed by atoms with Gasteiger partial charge in [-0.05, 0) is 110 Å². The molecule has 7 N–H and O–H groups in total. The first-order valence-corrected chi connectivity index (χ1v) is 17.2. The zero-order chi connectivity index (χ0) is 43.4. The van der Waals surface area contributed by atoms with Gasteiger partial charge in [-0.1, -0.05) is 46.1 Å². The minimum absolute atomic E-state index is 0. The molecule has 312 valence electrons. The summed E-state index contributed by atoms with van der Waals surface area (Å²) in [5, 5.41) is 31.5. The second kappa shape index (κ2) is 25.5. The number of carboxylic acids is 2. The monoisotopic (exact) mass is 833 g/mol. The number of benzene rings is 2. The van der Waals surface area contributed by atoms with Gasteiger partial charge in [0, 0.05) is 34.6 Å². The predicted octanol–water partition coefficient (Wildman–Crippen LogP) is 4.87. The van der Waals surface area contributed by atoms with E-state index in [0.29, 0.717) is 39.8 Å². The third-order valence-corrected chi connectivity index (χ3v) is 7.57. The highest BCUT2D eigenvalue weighted by atomic mass is 35.5. The van der Waals surface area contributed by atoms with Gasteiger partial charge in [-0.15, -0.1) is 12.4 Å². The summed E-state index contributed by atoms with van der Waals surface area (Å²) in [6.07, 6.45) is 3.13. The van der Waals surface area contributed by atoms with E-state index in [2.05, 4.69) is 48.9 Å². The Bertz CT molecular complexity index is 2250. The number of amidine groups is 1. The number of pyridine rings is 2. The van der Waals surface area contributed by atoms with Gasteiger partial charge >= 0.3 is 11.9 Å². The van der Waals surface area contributed by atoms with E-state index in [0.717, 1.165) is 5.56 Å². The maximum absolute atomic E-state index is 13.1. The van der Waals surface area contributed by atoms with Crippen LogP contribution in [-0.4, -0.2) is 103 Å². The van der Waals surface area contributed by atoms with Gasteiger partial charge in [0.2, 0.25) is 11.7 Å². The SMILES string of the molecule is CC(C(=O)O)N(C)C.CC(N)C(=O)O.C[C@H](c1nc(-c2ccc(C#Cc3cccc(F)c3)cn2)no1)N(C)C.Cl.N/C(=N\O)c1ccc(C#Cc2cccc(F)c2)cn1. The average Bonchev–Trinajstić information content (AvgIpc) is 3.70. The highest BCUT2D eigenvalue weighted by molar-refractivity contribution is 5.95. The maximum atomic E-state index is 13.1. The van der Waals surface area contributed by atoms with Crippen LogP contribution in [0.2, 0.25) is 0 Å². The quantitative estimate of drug-likeness (QED) is 0.0485. The molecule has 2 aromatic carbocycles. The molecule has 0 aliphatic rings. The summed E-state index contributed by atoms with van der Waals surface area (Å²) in [6, 6.07) is 18.0. The Kier molecular flexibility index (Phi) is 21.7. The molecule has 59 heavy (non-hydrogen) atoms. The van der Waals surface area contributed by atoms with Gasteiger partial charge in [-0.2, -0.15) is 4.98 Å². The fourth-order valence-corrected chi connectivity index (χ4v) is 3.64. The van der Waals surface area contributed by atoms with E-state index in [1.807, 2.05) is 32.0 Å². The molecule has 3 aromatic heterocycles. The van der Waals surface area contributed by atoms with Gasteiger partial charge in [0.1, 0.15) is 35.1 Å². The lowest BCUT2D eigenvalue weighted by Gasteiger charge is -2.14. The molecule has 0 bridgehead atoms. The van der Waals surface area contributed by atoms with Crippen molar-refractivity contribution in [2.45, 2.75) is 38.9 Å². The first-order chi connectivity index (χ1) is 27.4. The van der Waals surface area contributed by atoms with Gasteiger partial charge in [0.25, 0.3) is 0 Å². The molecule has 3 atom stereocenters. The number of likely N-dealkylation sites (N-methyl/N-ethyl adjacent to an activating group) is 1. The molecular weight excluding hydrogens is 788 g/mol. The van der Waals surface area contributed by atoms with Crippen LogP contribution in [0, 0.1) is 35.3 Å². The Morgan fingerprint density at radius 1 is 0.763 bits per heavy atom. The van der Waals surface area contributed by atoms with Crippen LogP contribution in [-0.2, 0) is 9.59 Å². The number of nitrogens with zero attached hydrogens (tertiary/aromatic N) is 7. The van der Waals surface area contributed by atoms with E-state index in [-0.39, 0.29) is 42.0 Å². The summed E-state index contributed by atoms with van der Waals surface area (Å²) in [5.41, 5.74) is 13.8. The largest absolute Gasteiger partial charge is 0.480 e. The van der Waals surface area contributed by atoms with E-state index >= 15 is 0 Å². The van der Waals surface area contributed by atoms with Crippen LogP contribution in [0.4, 0.5) is 8.78 Å². The Balaban J connectivity index is 0.000000450. The van der Waals surface area contributed by atoms with Crippen molar-refractivity contribution in [3.63, 3.8) is 0 Å². The molecule has 0 aliphatic carbocycles. The van der Waals surface area contributed by atoms with Gasteiger partial charge in [0.15, 0.2) is 5.84 Å². The number of rotatable bonds is 7. The smallest absolute Gasteiger partial charge is 0.320 e. The summed E-state index contributed by atoms with van der Waals surface area (Å²) in [7, 11) is 7.36. The lowest BCUT2D eigenvalue weighted by Crippen LogP contribution is -2.32. The predicted molar refractivity (Wildman–Crippen MR) is 220 cm³/mol. The van der Waals surface area contributed by atoms with Crippen LogP contribution in [0.1, 0.15) is 60.7 Å². The number of hydrogen-bond acceptors (Lipinski definition) is 12. The molecule has 0 aliphatic heterocycles. The normalized spacial score (nSPS) is 11.8. The van der Waals surface area contributed by atoms with Crippen LogP contribution in [0.3, 0.4) is 0 Å². The van der Waals surface area contributed by atoms with Gasteiger partial charge in [-0.25, -0.2) is 8.78 Å². The van der Waals surface area contributed by atoms with Crippen molar-refractivity contribution >= 4 is 30.2 Å². The molecule has 0 spiro atoms. The second-order valence-electron chi connectivity index (χ2n) is 12.6. The summed E-state index contributed by atoms with van der Waals surface area (Å²) < 4.78 is 31.4. The molecule has 15 nitrogen and oxygen atoms in total. The summed E-state index contributed by atoms with van der Waals surface area (Å²) >= 11 is 0. The molecular formula is C41H46ClF2N9O6. The zero-order valence-electron chi connectivity index (χ0n) is 33.3. The van der Waals surface area contributed by atoms with Crippen LogP contribution in [0.5, 0.6) is 0 Å². The maximum Gasteiger partial charge on any atom is 0.320 e. The zero-order valence-corrected chi connectivity index (χ0v) is 34.1. The molecule has 0 saturated heterocycles. The lowest BCUT2D eigenvalue weighted by atomic mass is 10.2. The van der Waals surface area contributed by atoms with E-state index in [4.69, 9.17) is 31.4 Å². The van der Waals surface area contributed by atoms with Gasteiger partial charge in [0.05, 0.1) is 6.04 Å². The molecule has 0 radical (unpaired) electrons. The molecule has 0 amide bonds. The Labute approximate surface area is 347 Å². The number of halogens is 3. The van der Waals surface area contributed by atoms with Crippen molar-refractivity contribution < 1.29 is 38.3 Å². The number of hydrogen-bond donors (Lipinski definition) is 5.